The van der Waals surface area contributed by atoms with Crippen molar-refractivity contribution in [2.24, 2.45) is 0 Å². The van der Waals surface area contributed by atoms with E-state index in [0.29, 0.717) is 6.42 Å². The van der Waals surface area contributed by atoms with Crippen LogP contribution in [0.25, 0.3) is 0 Å². The third-order valence-corrected chi connectivity index (χ3v) is 21.7. The number of urea groups is 1. The standard InChI is InChI=1S/C70H114N8O39S/c1-29(86)37(20-80)108-64(36(89)19-79)116-61-51(94)39(22-82)110-68(57(61)100)114-59-41(24-84)112-65(48(53(59)96)75-30(2)87)104-14-6-10-71-45(91)26-106-33-16-32(63(102)74-13-12-73-44(90)9-5-4-8-43-47-35(28-118-43)77-70(103)78-47)17-34(18-33)107-27-46(92)72-11-7-15-105-66-49(76-31(3)88)54(97)60(42(25-85)113-66)115-69-58(101)62(52(95)40(23-83)111-69)117-67-56(99)55(98)50(93)38(21-81)109-67/h16-18,29,35-43,47-62,64-69,79-86,89,93-101H,4-15,19-28H2,1-3H3,(H,71,91)(H,72,92)(H,73,90)(H,74,102)(H,75,87)(H,76,88)(H2,77,78,103)/t29-,35+,36+,37?,38?,39?,40?,41?,42?,43+,47+,48?,49?,50?,51?,52?,53?,54?,55?,56?,57?,58?,59?,60?,61?,62?,64?,65?,66?,67?,68?,69?/m1/s1. The van der Waals surface area contributed by atoms with Gasteiger partial charge in [0.1, 0.15) is 146 Å². The summed E-state index contributed by atoms with van der Waals surface area (Å²) in [4.78, 5) is 89.8. The molecule has 1 aromatic rings. The zero-order valence-corrected chi connectivity index (χ0v) is 65.6. The van der Waals surface area contributed by atoms with E-state index in [-0.39, 0.29) is 105 Å². The molecule has 7 fully saturated rings. The Labute approximate surface area is 679 Å². The lowest BCUT2D eigenvalue weighted by atomic mass is 9.95. The average Bonchev–Trinajstić information content (AvgIpc) is 1.08. The summed E-state index contributed by atoms with van der Waals surface area (Å²) in [5, 5.41) is 212. The van der Waals surface area contributed by atoms with Crippen LogP contribution in [0.3, 0.4) is 0 Å². The number of amides is 8. The molecule has 0 bridgehead atoms. The van der Waals surface area contributed by atoms with Crippen molar-refractivity contribution in [1.82, 2.24) is 42.5 Å². The summed E-state index contributed by atoms with van der Waals surface area (Å²) in [7, 11) is 0. The van der Waals surface area contributed by atoms with Crippen LogP contribution in [0.1, 0.15) is 69.7 Å². The molecule has 0 aliphatic carbocycles. The Bertz CT molecular complexity index is 3280. The quantitative estimate of drug-likeness (QED) is 0.0164. The van der Waals surface area contributed by atoms with Crippen molar-refractivity contribution in [3.63, 3.8) is 0 Å². The Morgan fingerprint density at radius 2 is 0.975 bits per heavy atom. The van der Waals surface area contributed by atoms with E-state index < -0.39 is 267 Å². The van der Waals surface area contributed by atoms with Gasteiger partial charge in [-0.1, -0.05) is 6.42 Å². The number of aliphatic hydroxyl groups excluding tert-OH is 18. The van der Waals surface area contributed by atoms with E-state index in [1.807, 2.05) is 0 Å². The minimum atomic E-state index is -2.07. The summed E-state index contributed by atoms with van der Waals surface area (Å²) in [6.45, 7) is -4.82. The van der Waals surface area contributed by atoms with E-state index in [4.69, 9.17) is 66.3 Å². The maximum atomic E-state index is 13.7. The molecule has 48 heteroatoms. The predicted octanol–water partition coefficient (Wildman–Crippen LogP) is -13.1. The third-order valence-electron chi connectivity index (χ3n) is 20.2. The molecule has 8 rings (SSSR count). The summed E-state index contributed by atoms with van der Waals surface area (Å²) >= 11 is 1.77. The molecule has 1 aromatic carbocycles. The fourth-order valence-corrected chi connectivity index (χ4v) is 15.4. The van der Waals surface area contributed by atoms with E-state index in [0.717, 1.165) is 32.4 Å². The van der Waals surface area contributed by atoms with Crippen molar-refractivity contribution in [3.05, 3.63) is 23.8 Å². The van der Waals surface area contributed by atoms with Crippen molar-refractivity contribution < 1.29 is 192 Å². The van der Waals surface area contributed by atoms with Crippen LogP contribution < -0.4 is 52.0 Å². The van der Waals surface area contributed by atoms with Gasteiger partial charge in [0.25, 0.3) is 17.7 Å². The van der Waals surface area contributed by atoms with Crippen LogP contribution in [0.4, 0.5) is 4.79 Å². The van der Waals surface area contributed by atoms with Gasteiger partial charge in [-0.25, -0.2) is 4.79 Å². The molecular weight excluding hydrogens is 1610 g/mol. The number of hydrogen-bond donors (Lipinski definition) is 26. The molecule has 47 nitrogen and oxygen atoms in total. The zero-order valence-electron chi connectivity index (χ0n) is 64.8. The number of carbonyl (C=O) groups excluding carboxylic acids is 7. The van der Waals surface area contributed by atoms with Crippen LogP contribution in [-0.2, 0) is 80.8 Å². The van der Waals surface area contributed by atoms with E-state index in [9.17, 15) is 125 Å². The largest absolute Gasteiger partial charge is 0.484 e. The Balaban J connectivity index is 0.831. The molecule has 0 radical (unpaired) electrons. The minimum absolute atomic E-state index is 0.0335. The molecule has 32 atom stereocenters. The molecule has 7 aliphatic heterocycles. The molecule has 7 saturated heterocycles. The highest BCUT2D eigenvalue weighted by atomic mass is 32.2. The number of nitrogens with one attached hydrogen (secondary N) is 8. The molecule has 674 valence electrons. The lowest BCUT2D eigenvalue weighted by Crippen LogP contribution is -2.68. The summed E-state index contributed by atoms with van der Waals surface area (Å²) < 4.78 is 80.4. The van der Waals surface area contributed by atoms with E-state index in [2.05, 4.69) is 42.5 Å². The number of unbranched alkanes of at least 4 members (excludes halogenated alkanes) is 1. The topological polar surface area (TPSA) is 709 Å². The van der Waals surface area contributed by atoms with Crippen LogP contribution in [0.5, 0.6) is 11.5 Å². The number of fused-ring (bicyclic) bond motifs is 1. The molecule has 27 unspecified atom stereocenters. The van der Waals surface area contributed by atoms with Gasteiger partial charge in [-0.05, 0) is 44.7 Å². The Hall–Kier alpha value is -5.94. The van der Waals surface area contributed by atoms with Gasteiger partial charge in [-0.15, -0.1) is 0 Å². The summed E-state index contributed by atoms with van der Waals surface area (Å²) in [5.74, 6) is -3.12. The Kier molecular flexibility index (Phi) is 39.4. The van der Waals surface area contributed by atoms with E-state index >= 15 is 0 Å². The fourth-order valence-electron chi connectivity index (χ4n) is 13.9. The smallest absolute Gasteiger partial charge is 0.315 e. The van der Waals surface area contributed by atoms with Gasteiger partial charge >= 0.3 is 6.03 Å². The first kappa shape index (κ1) is 97.5. The van der Waals surface area contributed by atoms with Gasteiger partial charge in [-0.2, -0.15) is 11.8 Å². The van der Waals surface area contributed by atoms with Crippen molar-refractivity contribution in [2.45, 2.75) is 255 Å². The van der Waals surface area contributed by atoms with Gasteiger partial charge in [0.15, 0.2) is 51.0 Å². The number of hydrogen-bond acceptors (Lipinski definition) is 40. The van der Waals surface area contributed by atoms with Gasteiger partial charge in [-0.3, -0.25) is 28.8 Å². The van der Waals surface area contributed by atoms with Gasteiger partial charge in [0.05, 0.1) is 77.6 Å². The number of rotatable bonds is 46. The van der Waals surface area contributed by atoms with Gasteiger partial charge < -0.3 is 201 Å². The molecule has 0 aromatic heterocycles. The Morgan fingerprint density at radius 1 is 0.508 bits per heavy atom. The van der Waals surface area contributed by atoms with E-state index in [1.54, 1.807) is 11.8 Å². The summed E-state index contributed by atoms with van der Waals surface area (Å²) in [5.41, 5.74) is -0.0709. The molecule has 0 spiro atoms. The number of ether oxygens (including phenoxy) is 14. The van der Waals surface area contributed by atoms with Crippen LogP contribution in [0, 0.1) is 0 Å². The van der Waals surface area contributed by atoms with Crippen LogP contribution in [0.2, 0.25) is 0 Å². The first-order chi connectivity index (χ1) is 56.4. The molecule has 7 aliphatic rings. The van der Waals surface area contributed by atoms with E-state index in [1.165, 1.54) is 25.1 Å². The maximum Gasteiger partial charge on any atom is 0.315 e. The highest BCUT2D eigenvalue weighted by molar-refractivity contribution is 8.00. The first-order valence-electron chi connectivity index (χ1n) is 38.6. The van der Waals surface area contributed by atoms with Gasteiger partial charge in [0, 0.05) is 69.1 Å². The summed E-state index contributed by atoms with van der Waals surface area (Å²) in [6, 6.07) is 0.815. The predicted molar refractivity (Wildman–Crippen MR) is 392 cm³/mol. The fraction of sp³-hybridized carbons (Fsp3) is 0.814. The monoisotopic (exact) mass is 1720 g/mol. The van der Waals surface area contributed by atoms with Crippen molar-refractivity contribution in [3.8, 4) is 11.5 Å². The molecule has 8 amide bonds. The number of benzene rings is 1. The lowest BCUT2D eigenvalue weighted by molar-refractivity contribution is -0.376. The van der Waals surface area contributed by atoms with Crippen LogP contribution in [0.15, 0.2) is 18.2 Å². The van der Waals surface area contributed by atoms with Crippen molar-refractivity contribution >= 4 is 53.2 Å². The maximum absolute atomic E-state index is 13.7. The summed E-state index contributed by atoms with van der Waals surface area (Å²) in [6.07, 6.45) is -44.9. The number of carbonyl (C=O) groups is 7. The molecular formula is C70H114N8O39S. The second-order valence-electron chi connectivity index (χ2n) is 29.0. The third kappa shape index (κ3) is 26.8. The number of thioether (sulfide) groups is 1. The van der Waals surface area contributed by atoms with Gasteiger partial charge in [0.2, 0.25) is 17.7 Å². The highest BCUT2D eigenvalue weighted by Gasteiger charge is 2.57. The highest BCUT2D eigenvalue weighted by Crippen LogP contribution is 2.37. The van der Waals surface area contributed by atoms with Crippen LogP contribution >= 0.6 is 11.8 Å². The number of aliphatic hydroxyl groups is 18. The van der Waals surface area contributed by atoms with Crippen LogP contribution in [-0.4, -0.2) is 433 Å². The Morgan fingerprint density at radius 3 is 1.47 bits per heavy atom. The lowest BCUT2D eigenvalue weighted by Gasteiger charge is -2.48. The molecule has 0 saturated carbocycles. The first-order valence-corrected chi connectivity index (χ1v) is 39.7. The second kappa shape index (κ2) is 47.6. The molecule has 7 heterocycles. The SMILES string of the molecule is CC(=O)NC1C(OCCCNC(=O)COc2cc(OCC(=O)NCCCOC3OC(CO)C(OC4OC(CO)C(O)C(OC(OC(CO)[C@@H](C)O)[C@@H](O)CO)C4O)C(O)C3NC(C)=O)cc(C(=O)NCCNC(=O)CCCC[C@@H]3SC[C@@H]4NC(=O)N[C@@H]43)c2)OC(CO)C(OC2OC(CO)C(O)C(OC3OC(CO)C(O)C(O)C3O)C2O)C1O. The average molecular weight is 1720 g/mol. The minimum Gasteiger partial charge on any atom is -0.484 e. The zero-order chi connectivity index (χ0) is 86.2. The van der Waals surface area contributed by atoms with Crippen molar-refractivity contribution in [2.75, 3.05) is 105 Å². The van der Waals surface area contributed by atoms with Crippen molar-refractivity contribution in [1.29, 1.82) is 0 Å². The molecule has 26 N–H and O–H groups in total. The normalized spacial score (nSPS) is 35.1. The molecule has 118 heavy (non-hydrogen) atoms. The second-order valence-corrected chi connectivity index (χ2v) is 30.3.